The number of unbranched alkanes of at least 4 members (excludes halogenated alkanes) is 1. The number of benzene rings is 2. The third-order valence-electron chi connectivity index (χ3n) is 6.21. The fourth-order valence-corrected chi connectivity index (χ4v) is 4.43. The van der Waals surface area contributed by atoms with Crippen LogP contribution in [0.25, 0.3) is 10.9 Å². The second-order valence-corrected chi connectivity index (χ2v) is 8.44. The van der Waals surface area contributed by atoms with Crippen molar-refractivity contribution in [1.29, 1.82) is 0 Å². The van der Waals surface area contributed by atoms with Crippen LogP contribution in [-0.4, -0.2) is 65.7 Å². The van der Waals surface area contributed by atoms with Gasteiger partial charge in [0.05, 0.1) is 12.6 Å². The van der Waals surface area contributed by atoms with Crippen LogP contribution in [0, 0.1) is 0 Å². The quantitative estimate of drug-likeness (QED) is 0.400. The molecule has 0 bridgehead atoms. The molecule has 6 nitrogen and oxygen atoms in total. The van der Waals surface area contributed by atoms with E-state index in [0.717, 1.165) is 67.6 Å². The minimum Gasteiger partial charge on any atom is -0.360 e. The molecule has 0 spiro atoms. The number of carbonyl (C=O) groups is 2. The Kier molecular flexibility index (Phi) is 7.35. The number of aromatic nitrogens is 1. The number of fused-ring (bicyclic) bond motifs is 1. The SMILES string of the molecule is CCCCNC(=O)CN1CCN([C@@H](C(=O)c2c[nH]c3ccccc23)c2ccccc2)CC1. The molecule has 6 heteroatoms. The third-order valence-corrected chi connectivity index (χ3v) is 6.21. The molecule has 2 N–H and O–H groups in total. The number of H-pyrrole nitrogens is 1. The normalized spacial score (nSPS) is 16.2. The molecule has 2 heterocycles. The lowest BCUT2D eigenvalue weighted by Crippen LogP contribution is -2.51. The van der Waals surface area contributed by atoms with Gasteiger partial charge in [-0.2, -0.15) is 0 Å². The third kappa shape index (κ3) is 5.09. The lowest BCUT2D eigenvalue weighted by molar-refractivity contribution is -0.122. The van der Waals surface area contributed by atoms with Gasteiger partial charge >= 0.3 is 0 Å². The number of hydrogen-bond donors (Lipinski definition) is 2. The summed E-state index contributed by atoms with van der Waals surface area (Å²) in [6, 6.07) is 17.6. The topological polar surface area (TPSA) is 68.4 Å². The van der Waals surface area contributed by atoms with Crippen molar-refractivity contribution in [3.05, 3.63) is 71.9 Å². The Hall–Kier alpha value is -2.96. The van der Waals surface area contributed by atoms with Crippen molar-refractivity contribution in [3.63, 3.8) is 0 Å². The number of para-hydroxylation sites is 1. The van der Waals surface area contributed by atoms with Crippen LogP contribution in [0.2, 0.25) is 0 Å². The Morgan fingerprint density at radius 3 is 2.47 bits per heavy atom. The van der Waals surface area contributed by atoms with Gasteiger partial charge in [0.1, 0.15) is 0 Å². The summed E-state index contributed by atoms with van der Waals surface area (Å²) in [4.78, 5) is 33.6. The predicted molar refractivity (Wildman–Crippen MR) is 128 cm³/mol. The maximum atomic E-state index is 13.8. The van der Waals surface area contributed by atoms with Gasteiger partial charge in [-0.3, -0.25) is 19.4 Å². The van der Waals surface area contributed by atoms with E-state index in [4.69, 9.17) is 0 Å². The molecular weight excluding hydrogens is 400 g/mol. The van der Waals surface area contributed by atoms with Crippen molar-refractivity contribution >= 4 is 22.6 Å². The summed E-state index contributed by atoms with van der Waals surface area (Å²) < 4.78 is 0. The summed E-state index contributed by atoms with van der Waals surface area (Å²) in [6.45, 7) is 6.31. The molecule has 0 aliphatic carbocycles. The Morgan fingerprint density at radius 2 is 1.72 bits per heavy atom. The van der Waals surface area contributed by atoms with Crippen molar-refractivity contribution < 1.29 is 9.59 Å². The van der Waals surface area contributed by atoms with Gasteiger partial charge in [0.15, 0.2) is 5.78 Å². The molecule has 0 saturated carbocycles. The molecule has 3 aromatic rings. The number of ketones is 1. The van der Waals surface area contributed by atoms with Crippen LogP contribution in [0.5, 0.6) is 0 Å². The fraction of sp³-hybridized carbons (Fsp3) is 0.385. The second-order valence-electron chi connectivity index (χ2n) is 8.44. The molecule has 1 aliphatic heterocycles. The Balaban J connectivity index is 1.48. The van der Waals surface area contributed by atoms with Crippen molar-refractivity contribution in [1.82, 2.24) is 20.1 Å². The van der Waals surface area contributed by atoms with Gasteiger partial charge in [-0.25, -0.2) is 0 Å². The van der Waals surface area contributed by atoms with Crippen molar-refractivity contribution in [2.45, 2.75) is 25.8 Å². The number of rotatable bonds is 9. The molecule has 1 amide bonds. The standard InChI is InChI=1S/C26H32N4O2/c1-2-3-13-27-24(31)19-29-14-16-30(17-15-29)25(20-9-5-4-6-10-20)26(32)22-18-28-23-12-8-7-11-21(22)23/h4-12,18,25,28H,2-3,13-17,19H2,1H3,(H,27,31)/t25-/m1/s1. The van der Waals surface area contributed by atoms with E-state index in [1.54, 1.807) is 0 Å². The molecule has 1 aliphatic rings. The predicted octanol–water partition coefficient (Wildman–Crippen LogP) is 3.63. The van der Waals surface area contributed by atoms with Gasteiger partial charge in [-0.05, 0) is 18.1 Å². The zero-order valence-electron chi connectivity index (χ0n) is 18.7. The summed E-state index contributed by atoms with van der Waals surface area (Å²) in [5, 5.41) is 3.95. The molecule has 1 fully saturated rings. The number of nitrogens with one attached hydrogen (secondary N) is 2. The second kappa shape index (κ2) is 10.6. The van der Waals surface area contributed by atoms with Crippen LogP contribution in [0.15, 0.2) is 60.8 Å². The van der Waals surface area contributed by atoms with E-state index in [2.05, 4.69) is 27.0 Å². The van der Waals surface area contributed by atoms with Gasteiger partial charge < -0.3 is 10.3 Å². The number of amides is 1. The van der Waals surface area contributed by atoms with E-state index in [-0.39, 0.29) is 17.7 Å². The van der Waals surface area contributed by atoms with E-state index in [1.807, 2.05) is 60.8 Å². The van der Waals surface area contributed by atoms with E-state index < -0.39 is 0 Å². The number of Topliss-reactive ketones (excluding diaryl/α,β-unsaturated/α-hetero) is 1. The largest absolute Gasteiger partial charge is 0.360 e. The Morgan fingerprint density at radius 1 is 1.00 bits per heavy atom. The zero-order valence-corrected chi connectivity index (χ0v) is 18.7. The molecule has 0 radical (unpaired) electrons. The average molecular weight is 433 g/mol. The van der Waals surface area contributed by atoms with Crippen molar-refractivity contribution in [2.24, 2.45) is 0 Å². The van der Waals surface area contributed by atoms with E-state index >= 15 is 0 Å². The number of carbonyl (C=O) groups excluding carboxylic acids is 2. The highest BCUT2D eigenvalue weighted by Gasteiger charge is 2.32. The minimum absolute atomic E-state index is 0.0846. The number of piperazine rings is 1. The number of aromatic amines is 1. The first kappa shape index (κ1) is 22.2. The average Bonchev–Trinajstić information content (AvgIpc) is 3.25. The maximum Gasteiger partial charge on any atom is 0.234 e. The monoisotopic (exact) mass is 432 g/mol. The van der Waals surface area contributed by atoms with E-state index in [0.29, 0.717) is 6.54 Å². The Bertz CT molecular complexity index is 1040. The van der Waals surface area contributed by atoms with Crippen molar-refractivity contribution in [2.75, 3.05) is 39.3 Å². The van der Waals surface area contributed by atoms with Gasteiger partial charge in [-0.15, -0.1) is 0 Å². The number of hydrogen-bond acceptors (Lipinski definition) is 4. The fourth-order valence-electron chi connectivity index (χ4n) is 4.43. The van der Waals surface area contributed by atoms with Crippen LogP contribution in [0.4, 0.5) is 0 Å². The molecule has 2 aromatic carbocycles. The highest BCUT2D eigenvalue weighted by atomic mass is 16.2. The van der Waals surface area contributed by atoms with Crippen LogP contribution in [0.1, 0.15) is 41.7 Å². The molecule has 1 atom stereocenters. The summed E-state index contributed by atoms with van der Waals surface area (Å²) in [7, 11) is 0. The maximum absolute atomic E-state index is 13.8. The van der Waals surface area contributed by atoms with Gasteiger partial charge in [0.2, 0.25) is 5.91 Å². The molecular formula is C26H32N4O2. The smallest absolute Gasteiger partial charge is 0.234 e. The van der Waals surface area contributed by atoms with Crippen LogP contribution < -0.4 is 5.32 Å². The summed E-state index contributed by atoms with van der Waals surface area (Å²) in [6.07, 6.45) is 3.92. The van der Waals surface area contributed by atoms with Crippen LogP contribution in [-0.2, 0) is 4.79 Å². The summed E-state index contributed by atoms with van der Waals surface area (Å²) in [5.41, 5.74) is 2.71. The van der Waals surface area contributed by atoms with Gasteiger partial charge in [0.25, 0.3) is 0 Å². The highest BCUT2D eigenvalue weighted by Crippen LogP contribution is 2.29. The van der Waals surface area contributed by atoms with Gasteiger partial charge in [-0.1, -0.05) is 61.9 Å². The minimum atomic E-state index is -0.337. The first-order chi connectivity index (χ1) is 15.7. The lowest BCUT2D eigenvalue weighted by atomic mass is 9.95. The molecule has 168 valence electrons. The molecule has 1 saturated heterocycles. The number of nitrogens with zero attached hydrogens (tertiary/aromatic N) is 2. The lowest BCUT2D eigenvalue weighted by Gasteiger charge is -2.38. The highest BCUT2D eigenvalue weighted by molar-refractivity contribution is 6.10. The van der Waals surface area contributed by atoms with Gasteiger partial charge in [0, 0.05) is 55.4 Å². The molecule has 4 rings (SSSR count). The molecule has 1 aromatic heterocycles. The molecule has 32 heavy (non-hydrogen) atoms. The zero-order chi connectivity index (χ0) is 22.3. The summed E-state index contributed by atoms with van der Waals surface area (Å²) >= 11 is 0. The van der Waals surface area contributed by atoms with Crippen molar-refractivity contribution in [3.8, 4) is 0 Å². The van der Waals surface area contributed by atoms with Crippen LogP contribution >= 0.6 is 0 Å². The van der Waals surface area contributed by atoms with E-state index in [9.17, 15) is 9.59 Å². The molecule has 0 unspecified atom stereocenters. The first-order valence-electron chi connectivity index (χ1n) is 11.6. The Labute approximate surface area is 189 Å². The van der Waals surface area contributed by atoms with Crippen LogP contribution in [0.3, 0.4) is 0 Å². The first-order valence-corrected chi connectivity index (χ1v) is 11.6. The van der Waals surface area contributed by atoms with E-state index in [1.165, 1.54) is 0 Å². The summed E-state index contributed by atoms with van der Waals surface area (Å²) in [5.74, 6) is 0.195.